The Morgan fingerprint density at radius 1 is 1.14 bits per heavy atom. The number of nitrogens with zero attached hydrogens (tertiary/aromatic N) is 1. The number of hydrogen-bond acceptors (Lipinski definition) is 2. The third kappa shape index (κ3) is 5.18. The fraction of sp³-hybridized carbons (Fsp3) is 0.500. The second-order valence-electron chi connectivity index (χ2n) is 5.45. The van der Waals surface area contributed by atoms with Crippen LogP contribution in [0.2, 0.25) is 10.0 Å². The minimum atomic E-state index is -0.157. The smallest absolute Gasteiger partial charge is 0.224 e. The van der Waals surface area contributed by atoms with Crippen LogP contribution in [-0.2, 0) is 16.0 Å². The Kier molecular flexibility index (Phi) is 6.52. The van der Waals surface area contributed by atoms with Crippen molar-refractivity contribution in [1.82, 2.24) is 10.2 Å². The highest BCUT2D eigenvalue weighted by atomic mass is 35.5. The van der Waals surface area contributed by atoms with Crippen LogP contribution in [0.25, 0.3) is 0 Å². The number of amides is 2. The van der Waals surface area contributed by atoms with Gasteiger partial charge in [0.05, 0.1) is 6.42 Å². The lowest BCUT2D eigenvalue weighted by Gasteiger charge is -2.26. The third-order valence-corrected chi connectivity index (χ3v) is 4.33. The van der Waals surface area contributed by atoms with Gasteiger partial charge in [0.15, 0.2) is 0 Å². The van der Waals surface area contributed by atoms with Crippen molar-refractivity contribution in [2.45, 2.75) is 32.1 Å². The zero-order valence-electron chi connectivity index (χ0n) is 12.4. The van der Waals surface area contributed by atoms with Crippen molar-refractivity contribution in [2.24, 2.45) is 0 Å². The zero-order valence-corrected chi connectivity index (χ0v) is 13.9. The van der Waals surface area contributed by atoms with Gasteiger partial charge in [0.2, 0.25) is 11.8 Å². The Labute approximate surface area is 140 Å². The highest BCUT2D eigenvalue weighted by Crippen LogP contribution is 2.20. The van der Waals surface area contributed by atoms with E-state index in [1.807, 2.05) is 4.90 Å². The molecule has 1 aliphatic rings. The summed E-state index contributed by atoms with van der Waals surface area (Å²) in [7, 11) is 0. The van der Waals surface area contributed by atoms with Gasteiger partial charge in [-0.05, 0) is 43.0 Å². The van der Waals surface area contributed by atoms with Gasteiger partial charge in [-0.3, -0.25) is 9.59 Å². The van der Waals surface area contributed by atoms with Crippen molar-refractivity contribution >= 4 is 35.0 Å². The fourth-order valence-electron chi connectivity index (χ4n) is 2.52. The number of piperidine rings is 1. The van der Waals surface area contributed by atoms with Crippen LogP contribution in [0.15, 0.2) is 18.2 Å². The summed E-state index contributed by atoms with van der Waals surface area (Å²) in [5.74, 6) is -0.0450. The molecule has 1 aliphatic heterocycles. The summed E-state index contributed by atoms with van der Waals surface area (Å²) >= 11 is 11.9. The zero-order chi connectivity index (χ0) is 15.9. The van der Waals surface area contributed by atoms with Crippen molar-refractivity contribution in [2.75, 3.05) is 19.6 Å². The molecule has 1 fully saturated rings. The number of carbonyl (C=O) groups excluding carboxylic acids is 2. The van der Waals surface area contributed by atoms with Crippen molar-refractivity contribution in [1.29, 1.82) is 0 Å². The Balaban J connectivity index is 1.73. The molecule has 22 heavy (non-hydrogen) atoms. The molecule has 4 nitrogen and oxygen atoms in total. The van der Waals surface area contributed by atoms with Gasteiger partial charge in [-0.1, -0.05) is 23.2 Å². The molecule has 0 atom stereocenters. The van der Waals surface area contributed by atoms with Crippen molar-refractivity contribution in [3.05, 3.63) is 33.8 Å². The molecule has 0 radical (unpaired) electrons. The summed E-state index contributed by atoms with van der Waals surface area (Å²) in [6.07, 6.45) is 3.85. The standard InChI is InChI=1S/C16H20Cl2N2O2/c17-13-4-5-14(18)12(10-13)11-15(21)19-7-6-16(22)20-8-2-1-3-9-20/h4-5,10H,1-3,6-9,11H2,(H,19,21). The molecule has 1 aromatic carbocycles. The van der Waals surface area contributed by atoms with Gasteiger partial charge in [-0.2, -0.15) is 0 Å². The lowest BCUT2D eigenvalue weighted by molar-refractivity contribution is -0.132. The minimum absolute atomic E-state index is 0.112. The van der Waals surface area contributed by atoms with Gasteiger partial charge < -0.3 is 10.2 Å². The van der Waals surface area contributed by atoms with Crippen LogP contribution in [0.1, 0.15) is 31.2 Å². The van der Waals surface area contributed by atoms with Gasteiger partial charge in [0.1, 0.15) is 0 Å². The van der Waals surface area contributed by atoms with Crippen molar-refractivity contribution < 1.29 is 9.59 Å². The Morgan fingerprint density at radius 2 is 1.86 bits per heavy atom. The first kappa shape index (κ1) is 17.1. The topological polar surface area (TPSA) is 49.4 Å². The molecule has 1 aromatic rings. The highest BCUT2D eigenvalue weighted by Gasteiger charge is 2.16. The molecule has 0 bridgehead atoms. The average Bonchev–Trinajstić information content (AvgIpc) is 2.51. The van der Waals surface area contributed by atoms with Crippen LogP contribution >= 0.6 is 23.2 Å². The molecule has 0 aromatic heterocycles. The molecular formula is C16H20Cl2N2O2. The maximum Gasteiger partial charge on any atom is 0.224 e. The van der Waals surface area contributed by atoms with Gasteiger partial charge >= 0.3 is 0 Å². The first-order chi connectivity index (χ1) is 10.6. The molecule has 1 N–H and O–H groups in total. The van der Waals surface area contributed by atoms with E-state index < -0.39 is 0 Å². The summed E-state index contributed by atoms with van der Waals surface area (Å²) in [4.78, 5) is 25.7. The normalized spacial score (nSPS) is 14.7. The average molecular weight is 343 g/mol. The van der Waals surface area contributed by atoms with Crippen LogP contribution in [-0.4, -0.2) is 36.3 Å². The molecule has 1 saturated heterocycles. The van der Waals surface area contributed by atoms with Crippen LogP contribution in [0.4, 0.5) is 0 Å². The molecule has 0 unspecified atom stereocenters. The molecule has 6 heteroatoms. The van der Waals surface area contributed by atoms with Crippen molar-refractivity contribution in [3.63, 3.8) is 0 Å². The number of likely N-dealkylation sites (tertiary alicyclic amines) is 1. The number of nitrogens with one attached hydrogen (secondary N) is 1. The quantitative estimate of drug-likeness (QED) is 0.893. The molecule has 120 valence electrons. The monoisotopic (exact) mass is 342 g/mol. The van der Waals surface area contributed by atoms with Crippen LogP contribution in [0.5, 0.6) is 0 Å². The van der Waals surface area contributed by atoms with Crippen LogP contribution < -0.4 is 5.32 Å². The second kappa shape index (κ2) is 8.39. The summed E-state index contributed by atoms with van der Waals surface area (Å²) in [5.41, 5.74) is 0.689. The van der Waals surface area contributed by atoms with E-state index in [0.29, 0.717) is 28.6 Å². The van der Waals surface area contributed by atoms with Crippen molar-refractivity contribution in [3.8, 4) is 0 Å². The maximum atomic E-state index is 12.0. The third-order valence-electron chi connectivity index (χ3n) is 3.73. The predicted octanol–water partition coefficient (Wildman–Crippen LogP) is 3.05. The lowest BCUT2D eigenvalue weighted by Crippen LogP contribution is -2.38. The van der Waals surface area contributed by atoms with E-state index in [9.17, 15) is 9.59 Å². The Hall–Kier alpha value is -1.26. The number of carbonyl (C=O) groups is 2. The van der Waals surface area contributed by atoms with E-state index in [0.717, 1.165) is 25.9 Å². The van der Waals surface area contributed by atoms with E-state index >= 15 is 0 Å². The Bertz CT molecular complexity index is 543. The van der Waals surface area contributed by atoms with E-state index in [2.05, 4.69) is 5.32 Å². The van der Waals surface area contributed by atoms with E-state index in [4.69, 9.17) is 23.2 Å². The molecular weight excluding hydrogens is 323 g/mol. The summed E-state index contributed by atoms with van der Waals surface area (Å²) in [6.45, 7) is 2.03. The molecule has 2 amide bonds. The molecule has 0 spiro atoms. The maximum absolute atomic E-state index is 12.0. The van der Waals surface area contributed by atoms with Gasteiger partial charge in [-0.25, -0.2) is 0 Å². The number of hydrogen-bond donors (Lipinski definition) is 1. The van der Waals surface area contributed by atoms with Gasteiger partial charge in [0.25, 0.3) is 0 Å². The van der Waals surface area contributed by atoms with Gasteiger partial charge in [0, 0.05) is 36.1 Å². The highest BCUT2D eigenvalue weighted by molar-refractivity contribution is 6.33. The van der Waals surface area contributed by atoms with Crippen LogP contribution in [0.3, 0.4) is 0 Å². The first-order valence-electron chi connectivity index (χ1n) is 7.54. The Morgan fingerprint density at radius 3 is 2.59 bits per heavy atom. The molecule has 2 rings (SSSR count). The number of rotatable bonds is 5. The predicted molar refractivity (Wildman–Crippen MR) is 88.2 cm³/mol. The SMILES string of the molecule is O=C(Cc1cc(Cl)ccc1Cl)NCCC(=O)N1CCCCC1. The van der Waals surface area contributed by atoms with E-state index in [1.165, 1.54) is 6.42 Å². The number of benzene rings is 1. The summed E-state index contributed by atoms with van der Waals surface area (Å²) in [6, 6.07) is 5.04. The van der Waals surface area contributed by atoms with Crippen LogP contribution in [0, 0.1) is 0 Å². The molecule has 1 heterocycles. The summed E-state index contributed by atoms with van der Waals surface area (Å²) in [5, 5.41) is 3.83. The van der Waals surface area contributed by atoms with E-state index in [-0.39, 0.29) is 18.2 Å². The fourth-order valence-corrected chi connectivity index (χ4v) is 2.90. The van der Waals surface area contributed by atoms with E-state index in [1.54, 1.807) is 18.2 Å². The first-order valence-corrected chi connectivity index (χ1v) is 8.30. The minimum Gasteiger partial charge on any atom is -0.355 e. The molecule has 0 saturated carbocycles. The molecule has 0 aliphatic carbocycles. The summed E-state index contributed by atoms with van der Waals surface area (Å²) < 4.78 is 0. The van der Waals surface area contributed by atoms with Gasteiger partial charge in [-0.15, -0.1) is 0 Å². The second-order valence-corrected chi connectivity index (χ2v) is 6.30. The lowest BCUT2D eigenvalue weighted by atomic mass is 10.1. The number of halogens is 2. The largest absolute Gasteiger partial charge is 0.355 e.